The van der Waals surface area contributed by atoms with Gasteiger partial charge in [-0.2, -0.15) is 0 Å². The van der Waals surface area contributed by atoms with Crippen molar-refractivity contribution in [2.45, 2.75) is 19.9 Å². The van der Waals surface area contributed by atoms with Crippen molar-refractivity contribution in [1.29, 1.82) is 0 Å². The molecule has 0 saturated carbocycles. The number of aromatic nitrogens is 1. The van der Waals surface area contributed by atoms with E-state index in [1.54, 1.807) is 0 Å². The van der Waals surface area contributed by atoms with E-state index in [9.17, 15) is 0 Å². The van der Waals surface area contributed by atoms with Gasteiger partial charge in [-0.25, -0.2) is 0 Å². The first-order valence-electron chi connectivity index (χ1n) is 8.50. The monoisotopic (exact) mass is 316 g/mol. The molecule has 4 aromatic rings. The fraction of sp³-hybridized carbons (Fsp3) is 0.238. The maximum atomic E-state index is 5.83. The number of furan rings is 1. The summed E-state index contributed by atoms with van der Waals surface area (Å²) in [6.45, 7) is 4.28. The van der Waals surface area contributed by atoms with Crippen LogP contribution in [0.2, 0.25) is 0 Å². The van der Waals surface area contributed by atoms with Crippen LogP contribution in [0.3, 0.4) is 0 Å². The van der Waals surface area contributed by atoms with Crippen LogP contribution in [-0.2, 0) is 13.0 Å². The number of hydrogen-bond donors (Lipinski definition) is 0. The first-order chi connectivity index (χ1) is 11.7. The van der Waals surface area contributed by atoms with Crippen molar-refractivity contribution in [1.82, 2.24) is 9.47 Å². The molecular weight excluding hydrogens is 296 g/mol. The Labute approximate surface area is 141 Å². The third kappa shape index (κ3) is 1.88. The summed E-state index contributed by atoms with van der Waals surface area (Å²) in [4.78, 5) is 2.40. The smallest absolute Gasteiger partial charge is 0.136 e. The molecular formula is C21H20N2O. The predicted octanol–water partition coefficient (Wildman–Crippen LogP) is 4.67. The lowest BCUT2D eigenvalue weighted by Gasteiger charge is -2.24. The predicted molar refractivity (Wildman–Crippen MR) is 97.8 cm³/mol. The van der Waals surface area contributed by atoms with E-state index in [4.69, 9.17) is 4.42 Å². The molecule has 24 heavy (non-hydrogen) atoms. The largest absolute Gasteiger partial charge is 0.462 e. The molecule has 0 saturated heterocycles. The highest BCUT2D eigenvalue weighted by molar-refractivity contribution is 5.93. The lowest BCUT2D eigenvalue weighted by molar-refractivity contribution is 0.311. The fourth-order valence-corrected chi connectivity index (χ4v) is 4.02. The van der Waals surface area contributed by atoms with Crippen LogP contribution in [0.25, 0.3) is 27.6 Å². The first-order valence-corrected chi connectivity index (χ1v) is 8.50. The highest BCUT2D eigenvalue weighted by atomic mass is 16.3. The number of hydrogen-bond acceptors (Lipinski definition) is 2. The van der Waals surface area contributed by atoms with E-state index < -0.39 is 0 Å². The van der Waals surface area contributed by atoms with Crippen molar-refractivity contribution < 1.29 is 4.42 Å². The minimum Gasteiger partial charge on any atom is -0.462 e. The molecule has 0 spiro atoms. The van der Waals surface area contributed by atoms with Crippen LogP contribution in [0, 0.1) is 6.92 Å². The molecule has 2 aromatic heterocycles. The lowest BCUT2D eigenvalue weighted by atomic mass is 10.0. The normalized spacial score (nSPS) is 15.2. The van der Waals surface area contributed by atoms with Crippen LogP contribution >= 0.6 is 0 Å². The van der Waals surface area contributed by atoms with Gasteiger partial charge in [0.2, 0.25) is 0 Å². The number of benzene rings is 2. The summed E-state index contributed by atoms with van der Waals surface area (Å²) in [6, 6.07) is 15.1. The average Bonchev–Trinajstić information content (AvgIpc) is 3.13. The summed E-state index contributed by atoms with van der Waals surface area (Å²) >= 11 is 0. The van der Waals surface area contributed by atoms with Crippen molar-refractivity contribution in [3.8, 4) is 5.69 Å². The number of aryl methyl sites for hydroxylation is 1. The van der Waals surface area contributed by atoms with Crippen molar-refractivity contribution >= 4 is 21.9 Å². The summed E-state index contributed by atoms with van der Waals surface area (Å²) in [5.74, 6) is 0. The third-order valence-electron chi connectivity index (χ3n) is 5.20. The third-order valence-corrected chi connectivity index (χ3v) is 5.20. The van der Waals surface area contributed by atoms with Gasteiger partial charge in [0.25, 0.3) is 0 Å². The molecule has 0 amide bonds. The van der Waals surface area contributed by atoms with Gasteiger partial charge < -0.3 is 13.9 Å². The van der Waals surface area contributed by atoms with Crippen molar-refractivity contribution in [3.05, 3.63) is 65.5 Å². The van der Waals surface area contributed by atoms with Gasteiger partial charge in [-0.15, -0.1) is 0 Å². The Morgan fingerprint density at radius 2 is 1.92 bits per heavy atom. The molecule has 0 N–H and O–H groups in total. The molecule has 0 aliphatic carbocycles. The zero-order chi connectivity index (χ0) is 16.3. The number of para-hydroxylation sites is 1. The van der Waals surface area contributed by atoms with Gasteiger partial charge in [0, 0.05) is 36.0 Å². The Morgan fingerprint density at radius 3 is 2.83 bits per heavy atom. The summed E-state index contributed by atoms with van der Waals surface area (Å²) in [5, 5.41) is 2.55. The minimum atomic E-state index is 0.947. The molecule has 3 nitrogen and oxygen atoms in total. The molecule has 0 fully saturated rings. The second-order valence-corrected chi connectivity index (χ2v) is 6.89. The molecule has 0 unspecified atom stereocenters. The van der Waals surface area contributed by atoms with E-state index in [1.165, 1.54) is 33.1 Å². The minimum absolute atomic E-state index is 0.947. The van der Waals surface area contributed by atoms with Crippen molar-refractivity contribution in [2.24, 2.45) is 0 Å². The van der Waals surface area contributed by atoms with Crippen molar-refractivity contribution in [3.63, 3.8) is 0 Å². The maximum Gasteiger partial charge on any atom is 0.136 e. The Kier molecular flexibility index (Phi) is 2.88. The Bertz CT molecular complexity index is 1070. The van der Waals surface area contributed by atoms with Gasteiger partial charge in [-0.05, 0) is 43.8 Å². The van der Waals surface area contributed by atoms with E-state index in [1.807, 2.05) is 18.4 Å². The van der Waals surface area contributed by atoms with E-state index in [0.29, 0.717) is 0 Å². The van der Waals surface area contributed by atoms with Crippen molar-refractivity contribution in [2.75, 3.05) is 13.6 Å². The molecule has 1 aliphatic rings. The Balaban J connectivity index is 1.89. The molecule has 0 atom stereocenters. The second kappa shape index (κ2) is 4.99. The van der Waals surface area contributed by atoms with Crippen LogP contribution in [0.4, 0.5) is 0 Å². The summed E-state index contributed by atoms with van der Waals surface area (Å²) in [7, 11) is 2.20. The summed E-state index contributed by atoms with van der Waals surface area (Å²) in [5.41, 5.74) is 7.60. The van der Waals surface area contributed by atoms with Gasteiger partial charge in [-0.1, -0.05) is 23.8 Å². The van der Waals surface area contributed by atoms with E-state index in [-0.39, 0.29) is 0 Å². The van der Waals surface area contributed by atoms with Crippen LogP contribution in [0.1, 0.15) is 16.8 Å². The SMILES string of the molecule is Cc1ccc2c(c1)c1c(n2-c2coc3ccccc23)CCN(C)C1. The first kappa shape index (κ1) is 13.9. The molecule has 5 rings (SSSR count). The maximum absolute atomic E-state index is 5.83. The summed E-state index contributed by atoms with van der Waals surface area (Å²) < 4.78 is 8.25. The summed E-state index contributed by atoms with van der Waals surface area (Å²) in [6.07, 6.45) is 2.97. The van der Waals surface area contributed by atoms with Gasteiger partial charge in [0.05, 0.1) is 11.2 Å². The molecule has 1 aliphatic heterocycles. The van der Waals surface area contributed by atoms with Crippen LogP contribution in [0.5, 0.6) is 0 Å². The molecule has 3 heterocycles. The van der Waals surface area contributed by atoms with E-state index >= 15 is 0 Å². The molecule has 120 valence electrons. The number of likely N-dealkylation sites (N-methyl/N-ethyl adjacent to an activating group) is 1. The molecule has 0 radical (unpaired) electrons. The van der Waals surface area contributed by atoms with Gasteiger partial charge in [0.15, 0.2) is 0 Å². The van der Waals surface area contributed by atoms with Crippen LogP contribution < -0.4 is 0 Å². The number of nitrogens with zero attached hydrogens (tertiary/aromatic N) is 2. The Morgan fingerprint density at radius 1 is 1.04 bits per heavy atom. The van der Waals surface area contributed by atoms with Crippen LogP contribution in [-0.4, -0.2) is 23.1 Å². The van der Waals surface area contributed by atoms with Gasteiger partial charge in [-0.3, -0.25) is 0 Å². The zero-order valence-corrected chi connectivity index (χ0v) is 14.0. The molecule has 2 aromatic carbocycles. The van der Waals surface area contributed by atoms with Gasteiger partial charge >= 0.3 is 0 Å². The van der Waals surface area contributed by atoms with Gasteiger partial charge in [0.1, 0.15) is 11.8 Å². The lowest BCUT2D eigenvalue weighted by Crippen LogP contribution is -2.27. The quantitative estimate of drug-likeness (QED) is 0.509. The standard InChI is InChI=1S/C21H20N2O/c1-14-7-8-18-16(11-14)17-12-22(2)10-9-19(17)23(18)20-13-24-21-6-4-3-5-15(20)21/h3-8,11,13H,9-10,12H2,1-2H3. The molecule has 3 heteroatoms. The molecule has 0 bridgehead atoms. The number of fused-ring (bicyclic) bond motifs is 4. The van der Waals surface area contributed by atoms with E-state index in [2.05, 4.69) is 53.8 Å². The highest BCUT2D eigenvalue weighted by Crippen LogP contribution is 2.36. The van der Waals surface area contributed by atoms with E-state index in [0.717, 1.165) is 30.8 Å². The second-order valence-electron chi connectivity index (χ2n) is 6.89. The fourth-order valence-electron chi connectivity index (χ4n) is 4.02. The number of rotatable bonds is 1. The van der Waals surface area contributed by atoms with Crippen LogP contribution in [0.15, 0.2) is 53.1 Å². The topological polar surface area (TPSA) is 21.3 Å². The average molecular weight is 316 g/mol. The Hall–Kier alpha value is -2.52. The zero-order valence-electron chi connectivity index (χ0n) is 14.0. The highest BCUT2D eigenvalue weighted by Gasteiger charge is 2.24.